The Bertz CT molecular complexity index is 516. The van der Waals surface area contributed by atoms with E-state index < -0.39 is 0 Å². The smallest absolute Gasteiger partial charge is 0.247 e. The van der Waals surface area contributed by atoms with Crippen molar-refractivity contribution >= 4 is 5.57 Å². The van der Waals surface area contributed by atoms with Crippen molar-refractivity contribution in [2.24, 2.45) is 11.8 Å². The summed E-state index contributed by atoms with van der Waals surface area (Å²) in [5, 5.41) is 0. The molecule has 1 N–H and O–H groups in total. The second kappa shape index (κ2) is 5.38. The Kier molecular flexibility index (Phi) is 3.85. The molecule has 0 saturated carbocycles. The number of nitrogens with one attached hydrogen (secondary N) is 1. The summed E-state index contributed by atoms with van der Waals surface area (Å²) < 4.78 is 0. The van der Waals surface area contributed by atoms with Crippen molar-refractivity contribution in [2.75, 3.05) is 0 Å². The Morgan fingerprint density at radius 1 is 1.33 bits per heavy atom. The lowest BCUT2D eigenvalue weighted by atomic mass is 9.78. The van der Waals surface area contributed by atoms with E-state index in [0.29, 0.717) is 11.8 Å². The van der Waals surface area contributed by atoms with Gasteiger partial charge in [-0.1, -0.05) is 38.0 Å². The molecule has 0 fully saturated rings. The highest BCUT2D eigenvalue weighted by Gasteiger charge is 2.21. The summed E-state index contributed by atoms with van der Waals surface area (Å²) in [6.07, 6.45) is 8.85. The second-order valence-electron chi connectivity index (χ2n) is 5.21. The lowest BCUT2D eigenvalue weighted by molar-refractivity contribution is 0.443. The van der Waals surface area contributed by atoms with Gasteiger partial charge in [0.25, 0.3) is 0 Å². The SMILES string of the molecule is CCCC1C(C)=CC(c2ccc(=O)[nH]c2)=CC1C. The van der Waals surface area contributed by atoms with Gasteiger partial charge in [0.2, 0.25) is 5.56 Å². The van der Waals surface area contributed by atoms with E-state index in [4.69, 9.17) is 0 Å². The molecule has 0 amide bonds. The largest absolute Gasteiger partial charge is 0.328 e. The van der Waals surface area contributed by atoms with Gasteiger partial charge in [0.05, 0.1) is 0 Å². The van der Waals surface area contributed by atoms with Gasteiger partial charge < -0.3 is 4.98 Å². The summed E-state index contributed by atoms with van der Waals surface area (Å²) >= 11 is 0. The van der Waals surface area contributed by atoms with Gasteiger partial charge in [-0.15, -0.1) is 0 Å². The minimum Gasteiger partial charge on any atom is -0.328 e. The van der Waals surface area contributed by atoms with Crippen LogP contribution >= 0.6 is 0 Å². The zero-order valence-corrected chi connectivity index (χ0v) is 11.4. The molecule has 0 spiro atoms. The Balaban J connectivity index is 2.29. The molecule has 2 unspecified atom stereocenters. The lowest BCUT2D eigenvalue weighted by Gasteiger charge is -2.27. The van der Waals surface area contributed by atoms with E-state index in [-0.39, 0.29) is 5.56 Å². The molecule has 1 aliphatic rings. The van der Waals surface area contributed by atoms with Gasteiger partial charge in [-0.05, 0) is 42.4 Å². The predicted molar refractivity (Wildman–Crippen MR) is 76.4 cm³/mol. The normalized spacial score (nSPS) is 23.5. The fourth-order valence-electron chi connectivity index (χ4n) is 2.79. The van der Waals surface area contributed by atoms with Gasteiger partial charge in [0.1, 0.15) is 0 Å². The average Bonchev–Trinajstić information content (AvgIpc) is 2.34. The van der Waals surface area contributed by atoms with Crippen molar-refractivity contribution in [1.82, 2.24) is 4.98 Å². The van der Waals surface area contributed by atoms with E-state index in [0.717, 1.165) is 5.56 Å². The van der Waals surface area contributed by atoms with Gasteiger partial charge in [-0.3, -0.25) is 4.79 Å². The van der Waals surface area contributed by atoms with Crippen LogP contribution in [0.15, 0.2) is 40.8 Å². The van der Waals surface area contributed by atoms with Crippen molar-refractivity contribution in [3.63, 3.8) is 0 Å². The van der Waals surface area contributed by atoms with E-state index in [2.05, 4.69) is 37.9 Å². The third-order valence-corrected chi connectivity index (χ3v) is 3.76. The molecule has 2 nitrogen and oxygen atoms in total. The maximum absolute atomic E-state index is 11.1. The highest BCUT2D eigenvalue weighted by Crippen LogP contribution is 2.35. The van der Waals surface area contributed by atoms with Crippen molar-refractivity contribution in [2.45, 2.75) is 33.6 Å². The first-order valence-corrected chi connectivity index (χ1v) is 6.71. The van der Waals surface area contributed by atoms with Crippen LogP contribution in [0.5, 0.6) is 0 Å². The van der Waals surface area contributed by atoms with Crippen LogP contribution in [0.4, 0.5) is 0 Å². The van der Waals surface area contributed by atoms with Gasteiger partial charge >= 0.3 is 0 Å². The molecule has 0 radical (unpaired) electrons. The number of aromatic nitrogens is 1. The van der Waals surface area contributed by atoms with Crippen LogP contribution in [-0.2, 0) is 0 Å². The molecule has 2 atom stereocenters. The van der Waals surface area contributed by atoms with Crippen molar-refractivity contribution in [3.8, 4) is 0 Å². The van der Waals surface area contributed by atoms with E-state index in [1.54, 1.807) is 12.3 Å². The number of pyridine rings is 1. The molecule has 18 heavy (non-hydrogen) atoms. The molecule has 1 heterocycles. The molecule has 0 aromatic carbocycles. The van der Waals surface area contributed by atoms with Crippen molar-refractivity contribution in [3.05, 3.63) is 52.0 Å². The van der Waals surface area contributed by atoms with Gasteiger partial charge in [-0.25, -0.2) is 0 Å². The molecule has 2 rings (SSSR count). The third kappa shape index (κ3) is 2.63. The van der Waals surface area contributed by atoms with Crippen LogP contribution in [0.2, 0.25) is 0 Å². The second-order valence-corrected chi connectivity index (χ2v) is 5.21. The molecular weight excluding hydrogens is 222 g/mol. The maximum Gasteiger partial charge on any atom is 0.247 e. The Labute approximate surface area is 108 Å². The van der Waals surface area contributed by atoms with Gasteiger partial charge in [-0.2, -0.15) is 0 Å². The number of aromatic amines is 1. The summed E-state index contributed by atoms with van der Waals surface area (Å²) in [6.45, 7) is 6.74. The summed E-state index contributed by atoms with van der Waals surface area (Å²) in [6, 6.07) is 3.48. The molecule has 0 aliphatic heterocycles. The van der Waals surface area contributed by atoms with Crippen LogP contribution in [0.25, 0.3) is 5.57 Å². The molecule has 1 aliphatic carbocycles. The summed E-state index contributed by atoms with van der Waals surface area (Å²) in [7, 11) is 0. The first-order chi connectivity index (χ1) is 8.61. The standard InChI is InChI=1S/C16H21NO/c1-4-5-15-11(2)8-14(9-12(15)3)13-6-7-16(18)17-10-13/h6-11,15H,4-5H2,1-3H3,(H,17,18). The zero-order chi connectivity index (χ0) is 13.1. The molecule has 1 aromatic heterocycles. The highest BCUT2D eigenvalue weighted by atomic mass is 16.1. The minimum atomic E-state index is -0.0484. The number of H-pyrrole nitrogens is 1. The van der Waals surface area contributed by atoms with Crippen LogP contribution in [0.3, 0.4) is 0 Å². The van der Waals surface area contributed by atoms with Crippen LogP contribution < -0.4 is 5.56 Å². The van der Waals surface area contributed by atoms with E-state index >= 15 is 0 Å². The molecule has 1 aromatic rings. The summed E-state index contributed by atoms with van der Waals surface area (Å²) in [5.74, 6) is 1.23. The summed E-state index contributed by atoms with van der Waals surface area (Å²) in [4.78, 5) is 13.8. The fraction of sp³-hybridized carbons (Fsp3) is 0.438. The number of allylic oxidation sites excluding steroid dienone is 4. The fourth-order valence-corrected chi connectivity index (χ4v) is 2.79. The highest BCUT2D eigenvalue weighted by molar-refractivity contribution is 5.75. The molecular formula is C16H21NO. The van der Waals surface area contributed by atoms with E-state index in [9.17, 15) is 4.79 Å². The van der Waals surface area contributed by atoms with Crippen LogP contribution in [-0.4, -0.2) is 4.98 Å². The predicted octanol–water partition coefficient (Wildman–Crippen LogP) is 3.77. The maximum atomic E-state index is 11.1. The Hall–Kier alpha value is -1.57. The third-order valence-electron chi connectivity index (χ3n) is 3.76. The number of rotatable bonds is 3. The first-order valence-electron chi connectivity index (χ1n) is 6.71. The topological polar surface area (TPSA) is 32.9 Å². The molecule has 0 bridgehead atoms. The molecule has 96 valence electrons. The Morgan fingerprint density at radius 3 is 2.67 bits per heavy atom. The van der Waals surface area contributed by atoms with E-state index in [1.807, 2.05) is 6.07 Å². The first kappa shape index (κ1) is 12.9. The van der Waals surface area contributed by atoms with Crippen LogP contribution in [0.1, 0.15) is 39.2 Å². The van der Waals surface area contributed by atoms with Crippen molar-refractivity contribution in [1.29, 1.82) is 0 Å². The molecule has 2 heteroatoms. The number of hydrogen-bond donors (Lipinski definition) is 1. The summed E-state index contributed by atoms with van der Waals surface area (Å²) in [5.41, 5.74) is 3.72. The minimum absolute atomic E-state index is 0.0484. The average molecular weight is 243 g/mol. The van der Waals surface area contributed by atoms with Gasteiger partial charge in [0.15, 0.2) is 0 Å². The zero-order valence-electron chi connectivity index (χ0n) is 11.4. The molecule has 0 saturated heterocycles. The lowest BCUT2D eigenvalue weighted by Crippen LogP contribution is -2.15. The van der Waals surface area contributed by atoms with Crippen LogP contribution in [0, 0.1) is 11.8 Å². The Morgan fingerprint density at radius 2 is 2.11 bits per heavy atom. The van der Waals surface area contributed by atoms with Gasteiger partial charge in [0, 0.05) is 12.3 Å². The van der Waals surface area contributed by atoms with E-state index in [1.165, 1.54) is 24.0 Å². The van der Waals surface area contributed by atoms with Crippen molar-refractivity contribution < 1.29 is 0 Å². The monoisotopic (exact) mass is 243 g/mol. The quantitative estimate of drug-likeness (QED) is 0.861. The number of hydrogen-bond acceptors (Lipinski definition) is 1.